The van der Waals surface area contributed by atoms with Gasteiger partial charge in [-0.1, -0.05) is 13.8 Å². The van der Waals surface area contributed by atoms with Crippen molar-refractivity contribution in [3.63, 3.8) is 0 Å². The van der Waals surface area contributed by atoms with Crippen LogP contribution in [0.4, 0.5) is 0 Å². The summed E-state index contributed by atoms with van der Waals surface area (Å²) in [5, 5.41) is 3.55. The predicted molar refractivity (Wildman–Crippen MR) is 53.8 cm³/mol. The van der Waals surface area contributed by atoms with Crippen LogP contribution in [0, 0.1) is 0 Å². The number of hydrogen-bond donors (Lipinski definition) is 1. The number of hydrogen-bond acceptors (Lipinski definition) is 2. The molecule has 1 aliphatic carbocycles. The van der Waals surface area contributed by atoms with Crippen molar-refractivity contribution in [3.05, 3.63) is 0 Å². The molecule has 2 rings (SSSR count). The summed E-state index contributed by atoms with van der Waals surface area (Å²) in [6.07, 6.45) is 6.16. The first-order chi connectivity index (χ1) is 6.24. The highest BCUT2D eigenvalue weighted by Gasteiger charge is 2.47. The van der Waals surface area contributed by atoms with E-state index in [1.54, 1.807) is 0 Å². The number of rotatable bonds is 2. The minimum absolute atomic E-state index is 0.138. The summed E-state index contributed by atoms with van der Waals surface area (Å²) in [6, 6.07) is 0. The van der Waals surface area contributed by atoms with E-state index in [2.05, 4.69) is 19.2 Å². The Morgan fingerprint density at radius 1 is 1.15 bits per heavy atom. The Kier molecular flexibility index (Phi) is 2.37. The molecule has 2 heteroatoms. The van der Waals surface area contributed by atoms with Crippen molar-refractivity contribution in [2.24, 2.45) is 0 Å². The zero-order valence-electron chi connectivity index (χ0n) is 8.86. The third kappa shape index (κ3) is 1.50. The van der Waals surface area contributed by atoms with Crippen LogP contribution in [-0.4, -0.2) is 24.3 Å². The van der Waals surface area contributed by atoms with Crippen molar-refractivity contribution in [1.29, 1.82) is 0 Å². The third-order valence-electron chi connectivity index (χ3n) is 3.88. The van der Waals surface area contributed by atoms with Crippen molar-refractivity contribution in [2.75, 3.05) is 13.1 Å². The summed E-state index contributed by atoms with van der Waals surface area (Å²) in [7, 11) is 0. The van der Waals surface area contributed by atoms with E-state index >= 15 is 0 Å². The second kappa shape index (κ2) is 3.25. The normalized spacial score (nSPS) is 30.0. The van der Waals surface area contributed by atoms with Crippen LogP contribution in [0.3, 0.4) is 0 Å². The molecule has 0 aromatic heterocycles. The molecule has 0 aromatic rings. The molecule has 0 amide bonds. The topological polar surface area (TPSA) is 21.3 Å². The van der Waals surface area contributed by atoms with Gasteiger partial charge in [0.15, 0.2) is 0 Å². The highest BCUT2D eigenvalue weighted by atomic mass is 16.5. The van der Waals surface area contributed by atoms with Gasteiger partial charge >= 0.3 is 0 Å². The van der Waals surface area contributed by atoms with E-state index in [0.29, 0.717) is 0 Å². The fourth-order valence-electron chi connectivity index (χ4n) is 2.54. The lowest BCUT2D eigenvalue weighted by Crippen LogP contribution is -2.62. The molecule has 2 nitrogen and oxygen atoms in total. The molecule has 2 aliphatic rings. The van der Waals surface area contributed by atoms with Gasteiger partial charge in [0, 0.05) is 13.1 Å². The van der Waals surface area contributed by atoms with Gasteiger partial charge in [-0.3, -0.25) is 0 Å². The second-order valence-electron chi connectivity index (χ2n) is 4.63. The minimum Gasteiger partial charge on any atom is -0.366 e. The van der Waals surface area contributed by atoms with E-state index in [9.17, 15) is 0 Å². The summed E-state index contributed by atoms with van der Waals surface area (Å²) in [4.78, 5) is 0. The standard InChI is InChI=1S/C11H21NO/c1-3-10(4-2)8-12-9-11(13-10)6-5-7-11/h12H,3-9H2,1-2H3. The van der Waals surface area contributed by atoms with Gasteiger partial charge in [0.2, 0.25) is 0 Å². The fraction of sp³-hybridized carbons (Fsp3) is 1.00. The smallest absolute Gasteiger partial charge is 0.0814 e. The lowest BCUT2D eigenvalue weighted by atomic mass is 9.77. The maximum absolute atomic E-state index is 6.33. The van der Waals surface area contributed by atoms with Crippen LogP contribution >= 0.6 is 0 Å². The van der Waals surface area contributed by atoms with Crippen LogP contribution in [0.5, 0.6) is 0 Å². The van der Waals surface area contributed by atoms with Gasteiger partial charge in [-0.25, -0.2) is 0 Å². The van der Waals surface area contributed by atoms with Gasteiger partial charge in [-0.15, -0.1) is 0 Å². The van der Waals surface area contributed by atoms with E-state index in [-0.39, 0.29) is 11.2 Å². The van der Waals surface area contributed by atoms with E-state index < -0.39 is 0 Å². The molecule has 2 fully saturated rings. The first-order valence-electron chi connectivity index (χ1n) is 5.65. The van der Waals surface area contributed by atoms with Crippen molar-refractivity contribution in [1.82, 2.24) is 5.32 Å². The molecule has 1 spiro atoms. The van der Waals surface area contributed by atoms with Crippen LogP contribution in [0.15, 0.2) is 0 Å². The maximum Gasteiger partial charge on any atom is 0.0814 e. The predicted octanol–water partition coefficient (Wildman–Crippen LogP) is 2.09. The Morgan fingerprint density at radius 3 is 2.31 bits per heavy atom. The lowest BCUT2D eigenvalue weighted by molar-refractivity contribution is -0.212. The van der Waals surface area contributed by atoms with E-state index in [0.717, 1.165) is 25.9 Å². The SMILES string of the molecule is CCC1(CC)CNCC2(CCC2)O1. The molecule has 0 radical (unpaired) electrons. The Bertz CT molecular complexity index is 183. The van der Waals surface area contributed by atoms with Crippen molar-refractivity contribution >= 4 is 0 Å². The molecule has 13 heavy (non-hydrogen) atoms. The van der Waals surface area contributed by atoms with E-state index in [1.807, 2.05) is 0 Å². The van der Waals surface area contributed by atoms with E-state index in [4.69, 9.17) is 4.74 Å². The first-order valence-corrected chi connectivity index (χ1v) is 5.65. The van der Waals surface area contributed by atoms with Crippen LogP contribution in [0.25, 0.3) is 0 Å². The monoisotopic (exact) mass is 183 g/mol. The second-order valence-corrected chi connectivity index (χ2v) is 4.63. The Balaban J connectivity index is 2.05. The number of ether oxygens (including phenoxy) is 1. The minimum atomic E-state index is 0.138. The third-order valence-corrected chi connectivity index (χ3v) is 3.88. The number of morpholine rings is 1. The van der Waals surface area contributed by atoms with Crippen molar-refractivity contribution in [2.45, 2.75) is 57.2 Å². The number of nitrogens with one attached hydrogen (secondary N) is 1. The molecule has 0 bridgehead atoms. The van der Waals surface area contributed by atoms with Crippen LogP contribution in [-0.2, 0) is 4.74 Å². The van der Waals surface area contributed by atoms with Crippen molar-refractivity contribution in [3.8, 4) is 0 Å². The van der Waals surface area contributed by atoms with E-state index in [1.165, 1.54) is 19.3 Å². The average molecular weight is 183 g/mol. The van der Waals surface area contributed by atoms with Gasteiger partial charge in [0.05, 0.1) is 11.2 Å². The zero-order chi connectivity index (χ0) is 9.36. The Morgan fingerprint density at radius 2 is 1.85 bits per heavy atom. The lowest BCUT2D eigenvalue weighted by Gasteiger charge is -2.53. The molecular weight excluding hydrogens is 162 g/mol. The van der Waals surface area contributed by atoms with Gasteiger partial charge in [-0.05, 0) is 32.1 Å². The zero-order valence-corrected chi connectivity index (χ0v) is 8.86. The summed E-state index contributed by atoms with van der Waals surface area (Å²) in [5.74, 6) is 0. The quantitative estimate of drug-likeness (QED) is 0.707. The highest BCUT2D eigenvalue weighted by molar-refractivity contribution is 5.00. The molecule has 0 unspecified atom stereocenters. The molecule has 0 aromatic carbocycles. The van der Waals surface area contributed by atoms with Crippen molar-refractivity contribution < 1.29 is 4.74 Å². The highest BCUT2D eigenvalue weighted by Crippen LogP contribution is 2.42. The molecule has 76 valence electrons. The van der Waals surface area contributed by atoms with Gasteiger partial charge in [0.25, 0.3) is 0 Å². The molecule has 1 aliphatic heterocycles. The van der Waals surface area contributed by atoms with Gasteiger partial charge in [-0.2, -0.15) is 0 Å². The van der Waals surface area contributed by atoms with Crippen LogP contribution in [0.2, 0.25) is 0 Å². The molecule has 1 saturated heterocycles. The largest absolute Gasteiger partial charge is 0.366 e. The summed E-state index contributed by atoms with van der Waals surface area (Å²) in [5.41, 5.74) is 0.364. The van der Waals surface area contributed by atoms with Gasteiger partial charge in [0.1, 0.15) is 0 Å². The summed E-state index contributed by atoms with van der Waals surface area (Å²) >= 11 is 0. The average Bonchev–Trinajstić information content (AvgIpc) is 2.15. The molecule has 0 atom stereocenters. The first kappa shape index (κ1) is 9.47. The Labute approximate surface area is 81.0 Å². The molecule has 1 saturated carbocycles. The molecular formula is C11H21NO. The van der Waals surface area contributed by atoms with Gasteiger partial charge < -0.3 is 10.1 Å². The fourth-order valence-corrected chi connectivity index (χ4v) is 2.54. The molecule has 1 N–H and O–H groups in total. The summed E-state index contributed by atoms with van der Waals surface area (Å²) < 4.78 is 6.33. The van der Waals surface area contributed by atoms with Crippen LogP contribution < -0.4 is 5.32 Å². The Hall–Kier alpha value is -0.0800. The summed E-state index contributed by atoms with van der Waals surface area (Å²) in [6.45, 7) is 6.60. The maximum atomic E-state index is 6.33. The van der Waals surface area contributed by atoms with Crippen LogP contribution in [0.1, 0.15) is 46.0 Å². The molecule has 1 heterocycles.